The van der Waals surface area contributed by atoms with Crippen molar-refractivity contribution in [1.29, 1.82) is 0 Å². The van der Waals surface area contributed by atoms with Crippen LogP contribution in [0.25, 0.3) is 0 Å². The Kier molecular flexibility index (Phi) is 2.39. The number of rotatable bonds is 1. The summed E-state index contributed by atoms with van der Waals surface area (Å²) in [5.74, 6) is -0.323. The molecule has 0 radical (unpaired) electrons. The van der Waals surface area contributed by atoms with E-state index in [1.165, 1.54) is 5.01 Å². The molecule has 0 aliphatic carbocycles. The number of nitrogens with zero attached hydrogens (tertiary/aromatic N) is 2. The zero-order valence-electron chi connectivity index (χ0n) is 8.21. The van der Waals surface area contributed by atoms with Crippen molar-refractivity contribution < 1.29 is 10.0 Å². The molecule has 78 valence electrons. The Labute approximate surface area is 87.0 Å². The lowest BCUT2D eigenvalue weighted by atomic mass is 10.2. The Hall–Kier alpha value is -1.88. The fraction of sp³-hybridized carbons (Fsp3) is 0.200. The smallest absolute Gasteiger partial charge is 0.292 e. The molecule has 5 heteroatoms. The van der Waals surface area contributed by atoms with Gasteiger partial charge in [-0.3, -0.25) is 4.79 Å². The normalized spacial score (nSPS) is 23.8. The lowest BCUT2D eigenvalue weighted by Gasteiger charge is -2.15. The fourth-order valence-corrected chi connectivity index (χ4v) is 1.51. The molecule has 0 aromatic heterocycles. The van der Waals surface area contributed by atoms with Crippen LogP contribution < -0.4 is 10.4 Å². The van der Waals surface area contributed by atoms with E-state index < -0.39 is 0 Å². The SMILES string of the molecule is CC1NN(c2ccccc2)C(=O)/C1=N\O. The van der Waals surface area contributed by atoms with Gasteiger partial charge >= 0.3 is 0 Å². The molecule has 5 nitrogen and oxygen atoms in total. The summed E-state index contributed by atoms with van der Waals surface area (Å²) < 4.78 is 0. The van der Waals surface area contributed by atoms with E-state index in [2.05, 4.69) is 10.6 Å². The van der Waals surface area contributed by atoms with Crippen molar-refractivity contribution in [3.63, 3.8) is 0 Å². The first kappa shape index (κ1) is 9.67. The van der Waals surface area contributed by atoms with E-state index in [9.17, 15) is 4.79 Å². The third-order valence-electron chi connectivity index (χ3n) is 2.28. The third kappa shape index (κ3) is 1.57. The van der Waals surface area contributed by atoms with Gasteiger partial charge in [-0.05, 0) is 19.1 Å². The predicted octanol–water partition coefficient (Wildman–Crippen LogP) is 0.756. The molecular weight excluding hydrogens is 194 g/mol. The second-order valence-corrected chi connectivity index (χ2v) is 3.31. The standard InChI is InChI=1S/C10H11N3O2/c1-7-9(12-15)10(14)13(11-7)8-5-3-2-4-6-8/h2-7,11,15H,1H3/b12-9-. The van der Waals surface area contributed by atoms with E-state index >= 15 is 0 Å². The van der Waals surface area contributed by atoms with Crippen molar-refractivity contribution in [2.24, 2.45) is 5.16 Å². The van der Waals surface area contributed by atoms with Crippen LogP contribution in [-0.2, 0) is 4.79 Å². The second kappa shape index (κ2) is 3.70. The molecule has 1 aromatic rings. The van der Waals surface area contributed by atoms with E-state index in [0.717, 1.165) is 5.69 Å². The van der Waals surface area contributed by atoms with Gasteiger partial charge in [0.1, 0.15) is 0 Å². The average molecular weight is 205 g/mol. The molecule has 0 bridgehead atoms. The first-order valence-electron chi connectivity index (χ1n) is 4.61. The van der Waals surface area contributed by atoms with Gasteiger partial charge in [-0.2, -0.15) is 0 Å². The van der Waals surface area contributed by atoms with Crippen molar-refractivity contribution in [3.05, 3.63) is 30.3 Å². The minimum atomic E-state index is -0.323. The summed E-state index contributed by atoms with van der Waals surface area (Å²) in [7, 11) is 0. The second-order valence-electron chi connectivity index (χ2n) is 3.31. The Morgan fingerprint density at radius 3 is 2.60 bits per heavy atom. The van der Waals surface area contributed by atoms with E-state index in [4.69, 9.17) is 5.21 Å². The highest BCUT2D eigenvalue weighted by Crippen LogP contribution is 2.16. The highest BCUT2D eigenvalue weighted by molar-refractivity contribution is 6.47. The van der Waals surface area contributed by atoms with E-state index in [1.54, 1.807) is 19.1 Å². The van der Waals surface area contributed by atoms with Gasteiger partial charge in [0.15, 0.2) is 5.71 Å². The zero-order chi connectivity index (χ0) is 10.8. The minimum Gasteiger partial charge on any atom is -0.410 e. The molecule has 1 aliphatic rings. The summed E-state index contributed by atoms with van der Waals surface area (Å²) in [5, 5.41) is 13.0. The van der Waals surface area contributed by atoms with Crippen LogP contribution >= 0.6 is 0 Å². The molecule has 1 saturated heterocycles. The van der Waals surface area contributed by atoms with E-state index in [1.807, 2.05) is 18.2 Å². The number of carbonyl (C=O) groups excluding carboxylic acids is 1. The molecule has 1 heterocycles. The molecule has 1 aromatic carbocycles. The fourth-order valence-electron chi connectivity index (χ4n) is 1.51. The summed E-state index contributed by atoms with van der Waals surface area (Å²) in [6.45, 7) is 1.76. The first-order chi connectivity index (χ1) is 7.24. The average Bonchev–Trinajstić information content (AvgIpc) is 2.55. The highest BCUT2D eigenvalue weighted by atomic mass is 16.4. The molecule has 0 saturated carbocycles. The van der Waals surface area contributed by atoms with Crippen LogP contribution in [-0.4, -0.2) is 22.9 Å². The minimum absolute atomic E-state index is 0.124. The number of hydrogen-bond donors (Lipinski definition) is 2. The Morgan fingerprint density at radius 2 is 2.07 bits per heavy atom. The Morgan fingerprint density at radius 1 is 1.40 bits per heavy atom. The number of amides is 1. The molecule has 1 amide bonds. The van der Waals surface area contributed by atoms with Gasteiger partial charge in [-0.1, -0.05) is 23.4 Å². The van der Waals surface area contributed by atoms with Crippen molar-refractivity contribution >= 4 is 17.3 Å². The van der Waals surface area contributed by atoms with Crippen LogP contribution in [0, 0.1) is 0 Å². The van der Waals surface area contributed by atoms with Crippen molar-refractivity contribution in [2.75, 3.05) is 5.01 Å². The van der Waals surface area contributed by atoms with Crippen LogP contribution in [0.1, 0.15) is 6.92 Å². The van der Waals surface area contributed by atoms with Gasteiger partial charge in [-0.15, -0.1) is 0 Å². The quantitative estimate of drug-likeness (QED) is 0.525. The third-order valence-corrected chi connectivity index (χ3v) is 2.28. The molecule has 15 heavy (non-hydrogen) atoms. The van der Waals surface area contributed by atoms with Crippen LogP contribution in [0.5, 0.6) is 0 Å². The largest absolute Gasteiger partial charge is 0.410 e. The molecule has 1 atom stereocenters. The molecule has 0 spiro atoms. The maximum Gasteiger partial charge on any atom is 0.292 e. The lowest BCUT2D eigenvalue weighted by Crippen LogP contribution is -2.36. The number of carbonyl (C=O) groups is 1. The van der Waals surface area contributed by atoms with Crippen molar-refractivity contribution in [1.82, 2.24) is 5.43 Å². The molecule has 1 unspecified atom stereocenters. The molecule has 1 fully saturated rings. The number of hydrogen-bond acceptors (Lipinski definition) is 4. The summed E-state index contributed by atoms with van der Waals surface area (Å²) in [4.78, 5) is 11.7. The van der Waals surface area contributed by atoms with Crippen molar-refractivity contribution in [3.8, 4) is 0 Å². The molecule has 2 N–H and O–H groups in total. The van der Waals surface area contributed by atoms with Gasteiger partial charge in [0.25, 0.3) is 5.91 Å². The topological polar surface area (TPSA) is 64.9 Å². The monoisotopic (exact) mass is 205 g/mol. The van der Waals surface area contributed by atoms with Gasteiger partial charge in [-0.25, -0.2) is 10.4 Å². The van der Waals surface area contributed by atoms with E-state index in [0.29, 0.717) is 0 Å². The summed E-state index contributed by atoms with van der Waals surface area (Å²) in [6, 6.07) is 8.87. The summed E-state index contributed by atoms with van der Waals surface area (Å²) >= 11 is 0. The molecular formula is C10H11N3O2. The number of oxime groups is 1. The van der Waals surface area contributed by atoms with Gasteiger partial charge < -0.3 is 5.21 Å². The van der Waals surface area contributed by atoms with Gasteiger partial charge in [0.05, 0.1) is 11.7 Å². The molecule has 2 rings (SSSR count). The lowest BCUT2D eigenvalue weighted by molar-refractivity contribution is -0.112. The first-order valence-corrected chi connectivity index (χ1v) is 4.61. The van der Waals surface area contributed by atoms with Crippen molar-refractivity contribution in [2.45, 2.75) is 13.0 Å². The molecule has 1 aliphatic heterocycles. The maximum atomic E-state index is 11.7. The predicted molar refractivity (Wildman–Crippen MR) is 55.7 cm³/mol. The Balaban J connectivity index is 2.31. The highest BCUT2D eigenvalue weighted by Gasteiger charge is 2.35. The van der Waals surface area contributed by atoms with Crippen LogP contribution in [0.15, 0.2) is 35.5 Å². The van der Waals surface area contributed by atoms with Gasteiger partial charge in [0.2, 0.25) is 0 Å². The summed E-state index contributed by atoms with van der Waals surface area (Å²) in [6.07, 6.45) is 0. The summed E-state index contributed by atoms with van der Waals surface area (Å²) in [5.41, 5.74) is 3.77. The number of nitrogens with one attached hydrogen (secondary N) is 1. The van der Waals surface area contributed by atoms with E-state index in [-0.39, 0.29) is 17.7 Å². The van der Waals surface area contributed by atoms with Crippen LogP contribution in [0.3, 0.4) is 0 Å². The number of anilines is 1. The maximum absolute atomic E-state index is 11.7. The number of hydrazine groups is 1. The van der Waals surface area contributed by atoms with Crippen LogP contribution in [0.2, 0.25) is 0 Å². The van der Waals surface area contributed by atoms with Crippen LogP contribution in [0.4, 0.5) is 5.69 Å². The Bertz CT molecular complexity index is 402. The number of benzene rings is 1. The number of para-hydroxylation sites is 1. The zero-order valence-corrected chi connectivity index (χ0v) is 8.21. The van der Waals surface area contributed by atoms with Gasteiger partial charge in [0, 0.05) is 0 Å².